The number of aliphatic carboxylic acids is 1. The molecule has 3 heterocycles. The molecule has 0 aromatic heterocycles. The van der Waals surface area contributed by atoms with E-state index < -0.39 is 139 Å². The van der Waals surface area contributed by atoms with Crippen molar-refractivity contribution < 1.29 is 63.3 Å². The molecule has 28 nitrogen and oxygen atoms in total. The van der Waals surface area contributed by atoms with E-state index in [4.69, 9.17) is 28.7 Å². The first-order valence-electron chi connectivity index (χ1n) is 31.8. The van der Waals surface area contributed by atoms with Gasteiger partial charge in [-0.05, 0) is 131 Å². The summed E-state index contributed by atoms with van der Waals surface area (Å²) in [5.41, 5.74) is 32.0. The molecular formula is C62H93N15O13. The van der Waals surface area contributed by atoms with Crippen LogP contribution in [0.5, 0.6) is 0 Å². The van der Waals surface area contributed by atoms with Crippen molar-refractivity contribution in [3.05, 3.63) is 70.8 Å². The van der Waals surface area contributed by atoms with Crippen molar-refractivity contribution in [2.75, 3.05) is 45.9 Å². The van der Waals surface area contributed by atoms with Gasteiger partial charge in [0.15, 0.2) is 5.96 Å². The number of guanidine groups is 1. The maximum atomic E-state index is 14.7. The van der Waals surface area contributed by atoms with E-state index in [2.05, 4.69) is 36.9 Å². The molecule has 0 spiro atoms. The number of carboxylic acid groups (broad SMARTS) is 1. The molecule has 10 atom stereocenters. The summed E-state index contributed by atoms with van der Waals surface area (Å²) in [4.78, 5) is 149. The van der Waals surface area contributed by atoms with E-state index in [-0.39, 0.29) is 76.6 Å². The molecule has 5 aliphatic rings. The molecule has 2 aliphatic carbocycles. The number of unbranched alkanes of at least 4 members (excludes halogenated alkanes) is 2. The summed E-state index contributed by atoms with van der Waals surface area (Å²) in [6.45, 7) is -1.02. The van der Waals surface area contributed by atoms with Crippen LogP contribution in [0.3, 0.4) is 0 Å². The number of carbonyl (C=O) groups excluding carboxylic acids is 9. The zero-order valence-electron chi connectivity index (χ0n) is 51.2. The number of aliphatic hydroxyl groups is 2. The van der Waals surface area contributed by atoms with Crippen molar-refractivity contribution in [1.82, 2.24) is 46.6 Å². The molecule has 3 fully saturated rings. The molecule has 9 amide bonds. The second kappa shape index (κ2) is 33.9. The minimum Gasteiger partial charge on any atom is -0.480 e. The molecule has 2 saturated heterocycles. The standard InChI is InChI=1S/C62H93N15O13/c63-24-10-8-20-43(65)53(81)70-44(21-9-11-25-64)54(82)71-45(22-12-26-68-62(66)67)58(86)75-27-13-23-47(75)60(88)77-34-42(79)31-49(77)55(83)69-32-50(80)73-51(41-28-37-16-4-5-17-38(37)29-41)57(85)72-46(35-78)59(87)76-33-40-19-7-6-18-39(40)30-48(76)56(84)74-52(61(89)90)36-14-2-1-3-15-36/h4-7,16-19,36,41-49,51-52,78-79H,1-3,8-15,20-35,63-65H2,(H,69,83)(H,70,81)(H,71,82)(H,72,85)(H,73,80)(H,74,84)(H,89,90)(H4,66,67,68)/t42-,43+,44+,45+,46+,47+,48-,49+,51+,52+/m1/s1. The molecule has 1 saturated carbocycles. The van der Waals surface area contributed by atoms with E-state index in [9.17, 15) is 63.3 Å². The second-order valence-corrected chi connectivity index (χ2v) is 24.5. The van der Waals surface area contributed by atoms with Gasteiger partial charge >= 0.3 is 5.97 Å². The van der Waals surface area contributed by atoms with Gasteiger partial charge in [-0.1, -0.05) is 74.2 Å². The summed E-state index contributed by atoms with van der Waals surface area (Å²) < 4.78 is 0. The number of nitrogens with zero attached hydrogens (tertiary/aromatic N) is 4. The Labute approximate surface area is 524 Å². The highest BCUT2D eigenvalue weighted by Gasteiger charge is 2.47. The number of hydrogen-bond donors (Lipinski definition) is 14. The maximum absolute atomic E-state index is 14.7. The predicted octanol–water partition coefficient (Wildman–Crippen LogP) is -2.86. The van der Waals surface area contributed by atoms with Crippen molar-refractivity contribution in [2.24, 2.45) is 45.5 Å². The van der Waals surface area contributed by atoms with Gasteiger partial charge in [0.2, 0.25) is 53.2 Å². The van der Waals surface area contributed by atoms with Crippen LogP contribution in [0.25, 0.3) is 0 Å². The third kappa shape index (κ3) is 18.7. The molecule has 7 rings (SSSR count). The molecule has 2 aromatic carbocycles. The number of likely N-dealkylation sites (tertiary alicyclic amines) is 2. The average Bonchev–Trinajstić information content (AvgIpc) is 1.43. The molecule has 494 valence electrons. The number of hydrogen-bond acceptors (Lipinski definition) is 16. The van der Waals surface area contributed by atoms with Gasteiger partial charge in [0.25, 0.3) is 0 Å². The lowest BCUT2D eigenvalue weighted by Gasteiger charge is -2.39. The van der Waals surface area contributed by atoms with E-state index in [1.807, 2.05) is 30.3 Å². The molecular weight excluding hydrogens is 1160 g/mol. The first kappa shape index (κ1) is 69.7. The molecule has 0 radical (unpaired) electrons. The number of aliphatic hydroxyl groups excluding tert-OH is 2. The third-order valence-electron chi connectivity index (χ3n) is 18.0. The fourth-order valence-electron chi connectivity index (χ4n) is 13.2. The van der Waals surface area contributed by atoms with Gasteiger partial charge in [0, 0.05) is 39.0 Å². The highest BCUT2D eigenvalue weighted by molar-refractivity contribution is 5.99. The summed E-state index contributed by atoms with van der Waals surface area (Å²) in [7, 11) is 0. The van der Waals surface area contributed by atoms with Crippen LogP contribution in [0.2, 0.25) is 0 Å². The van der Waals surface area contributed by atoms with Gasteiger partial charge in [0.05, 0.1) is 25.3 Å². The third-order valence-corrected chi connectivity index (χ3v) is 18.0. The minimum atomic E-state index is -1.62. The van der Waals surface area contributed by atoms with E-state index >= 15 is 0 Å². The summed E-state index contributed by atoms with van der Waals surface area (Å²) in [5.74, 6) is -8.72. The van der Waals surface area contributed by atoms with E-state index in [1.54, 1.807) is 18.2 Å². The van der Waals surface area contributed by atoms with Gasteiger partial charge in [-0.15, -0.1) is 0 Å². The Morgan fingerprint density at radius 2 is 1.19 bits per heavy atom. The quantitative estimate of drug-likeness (QED) is 0.0205. The second-order valence-electron chi connectivity index (χ2n) is 24.5. The van der Waals surface area contributed by atoms with Crippen LogP contribution in [-0.2, 0) is 73.8 Å². The van der Waals surface area contributed by atoms with Crippen LogP contribution in [-0.4, -0.2) is 201 Å². The zero-order valence-corrected chi connectivity index (χ0v) is 51.2. The van der Waals surface area contributed by atoms with E-state index in [0.29, 0.717) is 82.9 Å². The Bertz CT molecular complexity index is 2860. The van der Waals surface area contributed by atoms with E-state index in [1.165, 1.54) is 9.80 Å². The maximum Gasteiger partial charge on any atom is 0.326 e. The predicted molar refractivity (Wildman–Crippen MR) is 330 cm³/mol. The van der Waals surface area contributed by atoms with Gasteiger partial charge < -0.3 is 90.6 Å². The fraction of sp³-hybridized carbons (Fsp3) is 0.629. The van der Waals surface area contributed by atoms with Crippen LogP contribution in [0.1, 0.15) is 125 Å². The van der Waals surface area contributed by atoms with Crippen molar-refractivity contribution >= 4 is 65.1 Å². The van der Waals surface area contributed by atoms with Gasteiger partial charge in [0.1, 0.15) is 48.3 Å². The number of nitrogens with two attached hydrogens (primary N) is 5. The monoisotopic (exact) mass is 1260 g/mol. The number of benzene rings is 2. The number of amides is 9. The normalized spacial score (nSPS) is 21.1. The number of nitrogens with one attached hydrogen (secondary N) is 6. The highest BCUT2D eigenvalue weighted by Crippen LogP contribution is 2.32. The SMILES string of the molecule is NCCCC[C@H](NC(=O)[C@@H](N)CCCCN)C(=O)N[C@@H](CCCN=C(N)N)C(=O)N1CCC[C@H]1C(=O)N1C[C@H](O)C[C@H]1C(=O)NCC(=O)N[C@H](C(=O)N[C@@H](CO)C(=O)N1Cc2ccccc2C[C@@H]1C(=O)N[C@H](C(=O)O)C1CCCCC1)C1Cc2ccccc2C1. The van der Waals surface area contributed by atoms with Crippen molar-refractivity contribution in [3.63, 3.8) is 0 Å². The topological polar surface area (TPSA) is 456 Å². The van der Waals surface area contributed by atoms with Crippen LogP contribution in [0.4, 0.5) is 0 Å². The number of carboxylic acids is 1. The van der Waals surface area contributed by atoms with Crippen LogP contribution < -0.4 is 60.6 Å². The Morgan fingerprint density at radius 1 is 0.589 bits per heavy atom. The molecule has 3 aliphatic heterocycles. The number of rotatable bonds is 31. The van der Waals surface area contributed by atoms with Gasteiger partial charge in [-0.2, -0.15) is 0 Å². The highest BCUT2D eigenvalue weighted by atomic mass is 16.4. The van der Waals surface area contributed by atoms with Gasteiger partial charge in [-0.3, -0.25) is 48.1 Å². The van der Waals surface area contributed by atoms with E-state index in [0.717, 1.165) is 40.9 Å². The number of fused-ring (bicyclic) bond motifs is 2. The smallest absolute Gasteiger partial charge is 0.326 e. The van der Waals surface area contributed by atoms with Crippen molar-refractivity contribution in [2.45, 2.75) is 189 Å². The number of aliphatic imine (C=N–C) groups is 1. The molecule has 90 heavy (non-hydrogen) atoms. The van der Waals surface area contributed by atoms with Crippen LogP contribution in [0.15, 0.2) is 53.5 Å². The Hall–Kier alpha value is -7.79. The van der Waals surface area contributed by atoms with Crippen molar-refractivity contribution in [3.8, 4) is 0 Å². The summed E-state index contributed by atoms with van der Waals surface area (Å²) in [6, 6.07) is 3.61. The van der Waals surface area contributed by atoms with Gasteiger partial charge in [-0.25, -0.2) is 4.79 Å². The Morgan fingerprint density at radius 3 is 1.82 bits per heavy atom. The lowest BCUT2D eigenvalue weighted by atomic mass is 9.83. The zero-order chi connectivity index (χ0) is 65.0. The molecule has 19 N–H and O–H groups in total. The lowest BCUT2D eigenvalue weighted by molar-refractivity contribution is -0.148. The average molecular weight is 1260 g/mol. The van der Waals surface area contributed by atoms with Crippen LogP contribution in [0, 0.1) is 11.8 Å². The molecule has 0 bridgehead atoms. The lowest BCUT2D eigenvalue weighted by Crippen LogP contribution is -2.62. The summed E-state index contributed by atoms with van der Waals surface area (Å²) >= 11 is 0. The molecule has 0 unspecified atom stereocenters. The minimum absolute atomic E-state index is 0.0272. The number of β-amino-alcohol motifs (C(OH)–C–C–N with tert-alkyl or cyclic N) is 1. The summed E-state index contributed by atoms with van der Waals surface area (Å²) in [6.07, 6.45) is 6.74. The van der Waals surface area contributed by atoms with Crippen molar-refractivity contribution in [1.29, 1.82) is 0 Å². The molecule has 28 heteroatoms. The van der Waals surface area contributed by atoms with Crippen LogP contribution >= 0.6 is 0 Å². The number of carbonyl (C=O) groups is 10. The first-order valence-corrected chi connectivity index (χ1v) is 31.8. The Balaban J connectivity index is 1.03. The fourth-order valence-corrected chi connectivity index (χ4v) is 13.2. The first-order chi connectivity index (χ1) is 43.2. The Kier molecular flexibility index (Phi) is 26.2. The largest absolute Gasteiger partial charge is 0.480 e. The summed E-state index contributed by atoms with van der Waals surface area (Å²) in [5, 5.41) is 48.2. The molecule has 2 aromatic rings.